The third-order valence-corrected chi connectivity index (χ3v) is 9.49. The van der Waals surface area contributed by atoms with Crippen molar-refractivity contribution in [1.82, 2.24) is 29.5 Å². The third-order valence-electron chi connectivity index (χ3n) is 7.50. The number of aromatic nitrogens is 6. The number of aromatic amines is 1. The maximum Gasteiger partial charge on any atom is 0.472 e. The van der Waals surface area contributed by atoms with Crippen LogP contribution >= 0.6 is 15.6 Å². The first kappa shape index (κ1) is 29.3. The third kappa shape index (κ3) is 5.72. The second-order valence-electron chi connectivity index (χ2n) is 10.1. The minimum Gasteiger partial charge on any atom is -0.387 e. The van der Waals surface area contributed by atoms with Crippen molar-refractivity contribution in [1.29, 1.82) is 0 Å². The number of phosphoric acid groups is 2. The number of hydrogen-bond donors (Lipinski definition) is 5. The minimum atomic E-state index is -4.89. The number of imidazole rings is 1. The van der Waals surface area contributed by atoms with E-state index in [0.717, 1.165) is 6.33 Å². The number of ether oxygens (including phenoxy) is 1. The van der Waals surface area contributed by atoms with E-state index in [4.69, 9.17) is 28.6 Å². The van der Waals surface area contributed by atoms with Crippen LogP contribution < -0.4 is 16.2 Å². The molecule has 2 aliphatic heterocycles. The van der Waals surface area contributed by atoms with E-state index in [2.05, 4.69) is 24.9 Å². The number of phosphoric ester groups is 2. The van der Waals surface area contributed by atoms with Gasteiger partial charge < -0.3 is 30.3 Å². The molecule has 3 fully saturated rings. The molecule has 2 unspecified atom stereocenters. The first-order chi connectivity index (χ1) is 19.9. The standard InChI is InChI=1S/C21H28N8O11P2/c1-28(14-2-3-23-8-24-14)11-4-10-6-36-42(34,35)40-17-16(30)13(7-37-41(32,33)39-12(10)5-11)38-20(17)29-9-25-15-18(29)26-21(22)27-19(15)31/h2-3,8-13,16-17,20,30H,4-7H2,1H3,(H,32,33)(H,34,35)(H3,22,26,27,31)/t10-,11-,12+,13-,16-,17-,20-/m1/s1. The molecule has 0 amide bonds. The highest BCUT2D eigenvalue weighted by atomic mass is 31.2. The van der Waals surface area contributed by atoms with E-state index < -0.39 is 71.0 Å². The van der Waals surface area contributed by atoms with Crippen molar-refractivity contribution in [2.75, 3.05) is 30.9 Å². The molecule has 6 rings (SSSR count). The van der Waals surface area contributed by atoms with Gasteiger partial charge in [0.2, 0.25) is 5.95 Å². The zero-order valence-electron chi connectivity index (χ0n) is 21.9. The first-order valence-corrected chi connectivity index (χ1v) is 15.8. The highest BCUT2D eigenvalue weighted by Gasteiger charge is 2.51. The summed E-state index contributed by atoms with van der Waals surface area (Å²) in [6, 6.07) is 1.45. The number of H-pyrrole nitrogens is 1. The quantitative estimate of drug-likeness (QED) is 0.232. The topological polar surface area (TPSA) is 260 Å². The minimum absolute atomic E-state index is 0.0674. The molecule has 3 aromatic rings. The lowest BCUT2D eigenvalue weighted by molar-refractivity contribution is -0.0561. The molecular formula is C21H28N8O11P2. The van der Waals surface area contributed by atoms with E-state index >= 15 is 0 Å². The Morgan fingerprint density at radius 2 is 1.88 bits per heavy atom. The maximum absolute atomic E-state index is 13.2. The van der Waals surface area contributed by atoms with Crippen molar-refractivity contribution in [3.05, 3.63) is 35.3 Å². The number of nitrogens with two attached hydrogens (primary N) is 1. The second-order valence-corrected chi connectivity index (χ2v) is 12.9. The molecule has 1 saturated carbocycles. The van der Waals surface area contributed by atoms with Gasteiger partial charge in [-0.25, -0.2) is 24.1 Å². The summed E-state index contributed by atoms with van der Waals surface area (Å²) in [5.74, 6) is -0.265. The van der Waals surface area contributed by atoms with Crippen LogP contribution in [-0.4, -0.2) is 95.1 Å². The van der Waals surface area contributed by atoms with Crippen molar-refractivity contribution in [2.24, 2.45) is 5.92 Å². The molecule has 5 heterocycles. The lowest BCUT2D eigenvalue weighted by atomic mass is 10.1. The van der Waals surface area contributed by atoms with Crippen molar-refractivity contribution < 1.29 is 46.9 Å². The molecule has 9 atom stereocenters. The van der Waals surface area contributed by atoms with Gasteiger partial charge in [-0.05, 0) is 18.9 Å². The average molecular weight is 630 g/mol. The van der Waals surface area contributed by atoms with Gasteiger partial charge in [0, 0.05) is 25.2 Å². The SMILES string of the molecule is CN(c1ccncn1)[C@@H]1C[C@@H]2COP(=O)(O)O[C@@H]3[C@H](O)[C@@H](COP(=O)(O)O[C@H]2C1)O[C@H]3n1cnc2c(=O)[nH]c(N)nc21. The van der Waals surface area contributed by atoms with Gasteiger partial charge in [-0.2, -0.15) is 4.98 Å². The number of fused-ring (bicyclic) bond motifs is 4. The van der Waals surface area contributed by atoms with E-state index in [1.54, 1.807) is 19.3 Å². The molecule has 0 spiro atoms. The number of aliphatic hydroxyl groups is 1. The summed E-state index contributed by atoms with van der Waals surface area (Å²) in [4.78, 5) is 53.8. The summed E-state index contributed by atoms with van der Waals surface area (Å²) in [5, 5.41) is 11.0. The number of aliphatic hydroxyl groups excluding tert-OH is 1. The van der Waals surface area contributed by atoms with Crippen LogP contribution in [-0.2, 0) is 32.0 Å². The van der Waals surface area contributed by atoms with Crippen LogP contribution in [0.4, 0.5) is 11.8 Å². The highest BCUT2D eigenvalue weighted by molar-refractivity contribution is 7.47. The summed E-state index contributed by atoms with van der Waals surface area (Å²) in [5.41, 5.74) is 4.82. The Morgan fingerprint density at radius 1 is 1.12 bits per heavy atom. The number of anilines is 2. The Balaban J connectivity index is 1.28. The molecule has 1 aliphatic carbocycles. The molecule has 6 N–H and O–H groups in total. The number of hydrogen-bond acceptors (Lipinski definition) is 15. The highest BCUT2D eigenvalue weighted by Crippen LogP contribution is 2.54. The van der Waals surface area contributed by atoms with Gasteiger partial charge in [-0.1, -0.05) is 0 Å². The predicted molar refractivity (Wildman–Crippen MR) is 141 cm³/mol. The van der Waals surface area contributed by atoms with Crippen LogP contribution in [0.5, 0.6) is 0 Å². The Bertz CT molecular complexity index is 1610. The van der Waals surface area contributed by atoms with Crippen LogP contribution in [0.15, 0.2) is 29.7 Å². The fraction of sp³-hybridized carbons (Fsp3) is 0.571. The number of nitrogen functional groups attached to an aromatic ring is 1. The number of rotatable bonds is 3. The van der Waals surface area contributed by atoms with Crippen molar-refractivity contribution in [3.63, 3.8) is 0 Å². The summed E-state index contributed by atoms with van der Waals surface area (Å²) in [6.45, 7) is -1.06. The van der Waals surface area contributed by atoms with Gasteiger partial charge in [-0.15, -0.1) is 0 Å². The lowest BCUT2D eigenvalue weighted by Crippen LogP contribution is -2.35. The fourth-order valence-corrected chi connectivity index (χ4v) is 7.40. The molecule has 0 aromatic carbocycles. The van der Waals surface area contributed by atoms with Crippen LogP contribution in [0.3, 0.4) is 0 Å². The van der Waals surface area contributed by atoms with Crippen molar-refractivity contribution >= 4 is 38.6 Å². The van der Waals surface area contributed by atoms with E-state index in [9.17, 15) is 28.8 Å². The van der Waals surface area contributed by atoms with Crippen LogP contribution in [0.2, 0.25) is 0 Å². The summed E-state index contributed by atoms with van der Waals surface area (Å²) in [7, 11) is -7.83. The van der Waals surface area contributed by atoms with Gasteiger partial charge in [-0.3, -0.25) is 32.4 Å². The fourth-order valence-electron chi connectivity index (χ4n) is 5.42. The Morgan fingerprint density at radius 3 is 2.64 bits per heavy atom. The molecule has 2 bridgehead atoms. The van der Waals surface area contributed by atoms with Crippen LogP contribution in [0.1, 0.15) is 19.1 Å². The second kappa shape index (κ2) is 11.0. The predicted octanol–water partition coefficient (Wildman–Crippen LogP) is -0.317. The van der Waals surface area contributed by atoms with Crippen LogP contribution in [0.25, 0.3) is 11.2 Å². The van der Waals surface area contributed by atoms with Gasteiger partial charge >= 0.3 is 15.6 Å². The normalized spacial score (nSPS) is 37.5. The molecule has 19 nitrogen and oxygen atoms in total. The van der Waals surface area contributed by atoms with E-state index in [1.807, 2.05) is 4.90 Å². The van der Waals surface area contributed by atoms with E-state index in [-0.39, 0.29) is 29.6 Å². The zero-order valence-corrected chi connectivity index (χ0v) is 23.7. The summed E-state index contributed by atoms with van der Waals surface area (Å²) < 4.78 is 54.6. The summed E-state index contributed by atoms with van der Waals surface area (Å²) in [6.07, 6.45) is -2.22. The Kier molecular flexibility index (Phi) is 7.68. The van der Waals surface area contributed by atoms with E-state index in [0.29, 0.717) is 12.2 Å². The molecule has 2 saturated heterocycles. The average Bonchev–Trinajstić information content (AvgIpc) is 3.62. The van der Waals surface area contributed by atoms with Crippen molar-refractivity contribution in [2.45, 2.75) is 49.5 Å². The van der Waals surface area contributed by atoms with E-state index in [1.165, 1.54) is 10.9 Å². The molecule has 3 aromatic heterocycles. The van der Waals surface area contributed by atoms with Gasteiger partial charge in [0.05, 0.1) is 25.6 Å². The summed E-state index contributed by atoms with van der Waals surface area (Å²) >= 11 is 0. The first-order valence-electron chi connectivity index (χ1n) is 12.8. The van der Waals surface area contributed by atoms with Gasteiger partial charge in [0.15, 0.2) is 17.4 Å². The smallest absolute Gasteiger partial charge is 0.387 e. The molecule has 228 valence electrons. The van der Waals surface area contributed by atoms with Gasteiger partial charge in [0.25, 0.3) is 5.56 Å². The molecule has 0 radical (unpaired) electrons. The van der Waals surface area contributed by atoms with Gasteiger partial charge in [0.1, 0.15) is 30.5 Å². The van der Waals surface area contributed by atoms with Crippen molar-refractivity contribution in [3.8, 4) is 0 Å². The molecule has 21 heteroatoms. The Hall–Kier alpha value is -2.83. The zero-order chi connectivity index (χ0) is 29.8. The molecule has 3 aliphatic rings. The number of nitrogens with zero attached hydrogens (tertiary/aromatic N) is 6. The number of nitrogens with one attached hydrogen (secondary N) is 1. The monoisotopic (exact) mass is 630 g/mol. The maximum atomic E-state index is 13.2. The largest absolute Gasteiger partial charge is 0.472 e. The lowest BCUT2D eigenvalue weighted by Gasteiger charge is -2.26. The molecule has 42 heavy (non-hydrogen) atoms. The Labute approximate surface area is 236 Å². The molecular weight excluding hydrogens is 602 g/mol. The van der Waals surface area contributed by atoms with Crippen LogP contribution in [0, 0.1) is 5.92 Å².